The average Bonchev–Trinajstić information content (AvgIpc) is 2.14. The van der Waals surface area contributed by atoms with Gasteiger partial charge in [-0.2, -0.15) is 0 Å². The molecule has 0 amide bonds. The van der Waals surface area contributed by atoms with Gasteiger partial charge in [0.1, 0.15) is 0 Å². The topological polar surface area (TPSA) is 29.3 Å². The summed E-state index contributed by atoms with van der Waals surface area (Å²) in [6.45, 7) is 3.38. The van der Waals surface area contributed by atoms with Crippen LogP contribution in [-0.2, 0) is 0 Å². The summed E-state index contributed by atoms with van der Waals surface area (Å²) < 4.78 is 0. The molecule has 2 unspecified atom stereocenters. The first-order chi connectivity index (χ1) is 6.59. The van der Waals surface area contributed by atoms with Gasteiger partial charge in [-0.05, 0) is 25.8 Å². The number of hydrogen-bond donors (Lipinski definition) is 1. The van der Waals surface area contributed by atoms with Crippen LogP contribution in [0.15, 0.2) is 0 Å². The van der Waals surface area contributed by atoms with Gasteiger partial charge in [0.2, 0.25) is 0 Å². The van der Waals surface area contributed by atoms with Gasteiger partial charge in [-0.15, -0.1) is 0 Å². The molecule has 2 atom stereocenters. The summed E-state index contributed by atoms with van der Waals surface area (Å²) in [5, 5.41) is 0. The molecule has 0 spiro atoms. The summed E-state index contributed by atoms with van der Waals surface area (Å²) in [7, 11) is 2.20. The van der Waals surface area contributed by atoms with Crippen LogP contribution in [0.1, 0.15) is 39.0 Å². The molecule has 0 aromatic heterocycles. The van der Waals surface area contributed by atoms with Crippen molar-refractivity contribution in [3.63, 3.8) is 0 Å². The lowest BCUT2D eigenvalue weighted by atomic mass is 9.86. The summed E-state index contributed by atoms with van der Waals surface area (Å²) >= 11 is 4.89. The Hall–Kier alpha value is -0.150. The van der Waals surface area contributed by atoms with Crippen molar-refractivity contribution in [2.24, 2.45) is 11.7 Å². The third-order valence-electron chi connectivity index (χ3n) is 3.24. The molecule has 1 aliphatic rings. The average molecular weight is 214 g/mol. The van der Waals surface area contributed by atoms with E-state index in [0.29, 0.717) is 4.99 Å². The van der Waals surface area contributed by atoms with Gasteiger partial charge in [-0.25, -0.2) is 0 Å². The highest BCUT2D eigenvalue weighted by molar-refractivity contribution is 7.80. The largest absolute Gasteiger partial charge is 0.393 e. The van der Waals surface area contributed by atoms with Gasteiger partial charge in [0.25, 0.3) is 0 Å². The molecule has 0 heterocycles. The smallest absolute Gasteiger partial charge is 0.0740 e. The third kappa shape index (κ3) is 3.93. The zero-order valence-corrected chi connectivity index (χ0v) is 10.1. The van der Waals surface area contributed by atoms with Crippen LogP contribution >= 0.6 is 12.2 Å². The van der Waals surface area contributed by atoms with Crippen molar-refractivity contribution in [3.05, 3.63) is 0 Å². The Kier molecular flexibility index (Phi) is 4.82. The molecule has 14 heavy (non-hydrogen) atoms. The van der Waals surface area contributed by atoms with E-state index < -0.39 is 0 Å². The SMILES string of the molecule is CC1CCCC(N(C)CCC(N)=S)C1. The number of hydrogen-bond acceptors (Lipinski definition) is 2. The van der Waals surface area contributed by atoms with Crippen LogP contribution in [0.5, 0.6) is 0 Å². The molecule has 0 aromatic rings. The van der Waals surface area contributed by atoms with Crippen LogP contribution < -0.4 is 5.73 Å². The molecule has 1 aliphatic carbocycles. The summed E-state index contributed by atoms with van der Waals surface area (Å²) in [5.41, 5.74) is 5.50. The van der Waals surface area contributed by atoms with Gasteiger partial charge in [-0.3, -0.25) is 0 Å². The molecule has 0 saturated heterocycles. The lowest BCUT2D eigenvalue weighted by Crippen LogP contribution is -2.37. The van der Waals surface area contributed by atoms with E-state index in [2.05, 4.69) is 18.9 Å². The molecule has 0 aromatic carbocycles. The first-order valence-electron chi connectivity index (χ1n) is 5.58. The quantitative estimate of drug-likeness (QED) is 0.727. The molecule has 0 bridgehead atoms. The first-order valence-corrected chi connectivity index (χ1v) is 5.99. The van der Waals surface area contributed by atoms with Gasteiger partial charge < -0.3 is 10.6 Å². The lowest BCUT2D eigenvalue weighted by Gasteiger charge is -2.34. The van der Waals surface area contributed by atoms with E-state index in [1.54, 1.807) is 0 Å². The molecule has 1 fully saturated rings. The monoisotopic (exact) mass is 214 g/mol. The van der Waals surface area contributed by atoms with Gasteiger partial charge in [0.15, 0.2) is 0 Å². The molecule has 1 rings (SSSR count). The van der Waals surface area contributed by atoms with E-state index in [1.165, 1.54) is 25.7 Å². The lowest BCUT2D eigenvalue weighted by molar-refractivity contribution is 0.168. The van der Waals surface area contributed by atoms with E-state index in [1.807, 2.05) is 0 Å². The van der Waals surface area contributed by atoms with E-state index >= 15 is 0 Å². The van der Waals surface area contributed by atoms with Crippen molar-refractivity contribution < 1.29 is 0 Å². The molecular formula is C11H22N2S. The Morgan fingerprint density at radius 2 is 2.21 bits per heavy atom. The summed E-state index contributed by atoms with van der Waals surface area (Å²) in [6, 6.07) is 0.757. The van der Waals surface area contributed by atoms with Crippen LogP contribution in [0.25, 0.3) is 0 Å². The Labute approximate surface area is 92.8 Å². The highest BCUT2D eigenvalue weighted by atomic mass is 32.1. The van der Waals surface area contributed by atoms with E-state index in [9.17, 15) is 0 Å². The Balaban J connectivity index is 2.28. The van der Waals surface area contributed by atoms with Crippen molar-refractivity contribution in [1.82, 2.24) is 4.90 Å². The van der Waals surface area contributed by atoms with E-state index in [4.69, 9.17) is 18.0 Å². The van der Waals surface area contributed by atoms with Crippen LogP contribution in [0.2, 0.25) is 0 Å². The zero-order valence-electron chi connectivity index (χ0n) is 9.33. The fraction of sp³-hybridized carbons (Fsp3) is 0.909. The number of rotatable bonds is 4. The minimum Gasteiger partial charge on any atom is -0.393 e. The van der Waals surface area contributed by atoms with Crippen molar-refractivity contribution in [1.29, 1.82) is 0 Å². The Bertz CT molecular complexity index is 194. The second kappa shape index (κ2) is 5.66. The van der Waals surface area contributed by atoms with Crippen LogP contribution in [0, 0.1) is 5.92 Å². The number of thiocarbonyl (C=S) groups is 1. The number of nitrogens with two attached hydrogens (primary N) is 1. The van der Waals surface area contributed by atoms with E-state index in [-0.39, 0.29) is 0 Å². The zero-order chi connectivity index (χ0) is 10.6. The molecule has 3 heteroatoms. The third-order valence-corrected chi connectivity index (χ3v) is 3.45. The Morgan fingerprint density at radius 3 is 2.79 bits per heavy atom. The summed E-state index contributed by atoms with van der Waals surface area (Å²) in [6.07, 6.45) is 6.33. The van der Waals surface area contributed by atoms with Crippen LogP contribution in [-0.4, -0.2) is 29.5 Å². The van der Waals surface area contributed by atoms with Crippen molar-refractivity contribution in [3.8, 4) is 0 Å². The van der Waals surface area contributed by atoms with Gasteiger partial charge in [0.05, 0.1) is 4.99 Å². The Morgan fingerprint density at radius 1 is 1.50 bits per heavy atom. The maximum atomic E-state index is 5.50. The highest BCUT2D eigenvalue weighted by Crippen LogP contribution is 2.26. The van der Waals surface area contributed by atoms with Gasteiger partial charge in [-0.1, -0.05) is 32.0 Å². The molecule has 2 N–H and O–H groups in total. The number of nitrogens with zero attached hydrogens (tertiary/aromatic N) is 1. The predicted octanol–water partition coefficient (Wildman–Crippen LogP) is 2.17. The van der Waals surface area contributed by atoms with Crippen molar-refractivity contribution in [2.75, 3.05) is 13.6 Å². The van der Waals surface area contributed by atoms with Gasteiger partial charge >= 0.3 is 0 Å². The maximum absolute atomic E-state index is 5.50. The fourth-order valence-electron chi connectivity index (χ4n) is 2.27. The minimum atomic E-state index is 0.640. The second-order valence-corrected chi connectivity index (χ2v) is 5.15. The standard InChI is InChI=1S/C11H22N2S/c1-9-4-3-5-10(8-9)13(2)7-6-11(12)14/h9-10H,3-8H2,1-2H3,(H2,12,14). The molecule has 0 radical (unpaired) electrons. The first kappa shape index (κ1) is 11.9. The van der Waals surface area contributed by atoms with Gasteiger partial charge in [0, 0.05) is 19.0 Å². The van der Waals surface area contributed by atoms with Crippen LogP contribution in [0.3, 0.4) is 0 Å². The van der Waals surface area contributed by atoms with E-state index in [0.717, 1.165) is 24.9 Å². The summed E-state index contributed by atoms with van der Waals surface area (Å²) in [4.78, 5) is 3.06. The second-order valence-electron chi connectivity index (χ2n) is 4.62. The highest BCUT2D eigenvalue weighted by Gasteiger charge is 2.21. The minimum absolute atomic E-state index is 0.640. The normalized spacial score (nSPS) is 27.9. The predicted molar refractivity (Wildman–Crippen MR) is 65.5 cm³/mol. The molecule has 0 aliphatic heterocycles. The van der Waals surface area contributed by atoms with Crippen molar-refractivity contribution in [2.45, 2.75) is 45.1 Å². The molecule has 1 saturated carbocycles. The summed E-state index contributed by atoms with van der Waals surface area (Å²) in [5.74, 6) is 0.890. The fourth-order valence-corrected chi connectivity index (χ4v) is 2.36. The maximum Gasteiger partial charge on any atom is 0.0740 e. The van der Waals surface area contributed by atoms with Crippen molar-refractivity contribution >= 4 is 17.2 Å². The molecular weight excluding hydrogens is 192 g/mol. The van der Waals surface area contributed by atoms with Crippen LogP contribution in [0.4, 0.5) is 0 Å². The molecule has 2 nitrogen and oxygen atoms in total. The molecule has 82 valence electrons.